The molecule has 8 nitrogen and oxygen atoms in total. The van der Waals surface area contributed by atoms with Gasteiger partial charge in [0.1, 0.15) is 11.5 Å². The summed E-state index contributed by atoms with van der Waals surface area (Å²) in [6.45, 7) is 4.03. The van der Waals surface area contributed by atoms with Crippen LogP contribution in [0.3, 0.4) is 0 Å². The summed E-state index contributed by atoms with van der Waals surface area (Å²) in [5, 5.41) is 4.41. The van der Waals surface area contributed by atoms with Gasteiger partial charge in [0.25, 0.3) is 0 Å². The van der Waals surface area contributed by atoms with Crippen LogP contribution < -0.4 is 9.47 Å². The maximum Gasteiger partial charge on any atom is 0.337 e. The Bertz CT molecular complexity index is 1350. The summed E-state index contributed by atoms with van der Waals surface area (Å²) in [6.07, 6.45) is 3.44. The number of esters is 2. The second-order valence-electron chi connectivity index (χ2n) is 8.43. The van der Waals surface area contributed by atoms with E-state index in [0.717, 1.165) is 5.69 Å². The third kappa shape index (κ3) is 3.57. The molecule has 0 aliphatic carbocycles. The average molecular weight is 458 g/mol. The molecule has 0 saturated heterocycles. The quantitative estimate of drug-likeness (QED) is 0.327. The Balaban J connectivity index is 1.55. The fraction of sp³-hybridized carbons (Fsp3) is 0.231. The molecule has 0 N–H and O–H groups in total. The molecule has 0 bridgehead atoms. The van der Waals surface area contributed by atoms with E-state index in [1.165, 1.54) is 7.11 Å². The highest BCUT2D eigenvalue weighted by atomic mass is 16.5. The van der Waals surface area contributed by atoms with Crippen molar-refractivity contribution in [3.63, 3.8) is 0 Å². The Labute approximate surface area is 195 Å². The van der Waals surface area contributed by atoms with Gasteiger partial charge < -0.3 is 14.2 Å². The molecule has 3 aromatic rings. The Kier molecular flexibility index (Phi) is 5.28. The third-order valence-corrected chi connectivity index (χ3v) is 5.96. The monoisotopic (exact) mass is 458 g/mol. The van der Waals surface area contributed by atoms with E-state index in [9.17, 15) is 14.4 Å². The van der Waals surface area contributed by atoms with E-state index in [0.29, 0.717) is 33.8 Å². The molecule has 34 heavy (non-hydrogen) atoms. The molecule has 2 aromatic carbocycles. The average Bonchev–Trinajstić information content (AvgIpc) is 3.44. The molecule has 0 amide bonds. The molecule has 3 heterocycles. The summed E-state index contributed by atoms with van der Waals surface area (Å²) in [4.78, 5) is 37.2. The smallest absolute Gasteiger partial charge is 0.337 e. The number of Topliss-reactive ketones (excluding diaryl/α,β-unsaturated/α-hetero) is 1. The summed E-state index contributed by atoms with van der Waals surface area (Å²) in [7, 11) is 1.32. The van der Waals surface area contributed by atoms with E-state index < -0.39 is 5.97 Å². The number of fused-ring (bicyclic) bond motifs is 3. The predicted molar refractivity (Wildman–Crippen MR) is 122 cm³/mol. The normalized spacial score (nSPS) is 17.9. The Morgan fingerprint density at radius 1 is 1.12 bits per heavy atom. The van der Waals surface area contributed by atoms with Crippen LogP contribution in [0, 0.1) is 0 Å². The summed E-state index contributed by atoms with van der Waals surface area (Å²) in [5.74, 6) is -0.470. The van der Waals surface area contributed by atoms with Gasteiger partial charge in [-0.3, -0.25) is 14.3 Å². The number of carbonyl (C=O) groups is 3. The SMILES string of the molecule is COC(=O)c1ccc(/C=C2\Oc3c(ccc4c3[C@H](c3ccnn3C(C)C)CC(=O)O4)C2=O)cc1. The molecule has 2 aliphatic heterocycles. The standard InChI is InChI=1S/C26H22N2O6/c1-14(2)28-19(10-11-27-28)18-13-22(29)33-20-9-8-17-24(30)21(34-25(17)23(18)20)12-15-4-6-16(7-5-15)26(31)32-3/h4-12,14,18H,13H2,1-3H3/b21-12-/t18-/m0/s1. The van der Waals surface area contributed by atoms with E-state index >= 15 is 0 Å². The van der Waals surface area contributed by atoms with Crippen LogP contribution in [-0.4, -0.2) is 34.6 Å². The lowest BCUT2D eigenvalue weighted by Crippen LogP contribution is -2.24. The number of ether oxygens (including phenoxy) is 3. The van der Waals surface area contributed by atoms with Crippen LogP contribution in [0.2, 0.25) is 0 Å². The first-order valence-electron chi connectivity index (χ1n) is 10.9. The second kappa shape index (κ2) is 8.30. The van der Waals surface area contributed by atoms with E-state index in [1.54, 1.807) is 48.7 Å². The number of hydrogen-bond donors (Lipinski definition) is 0. The number of aromatic nitrogens is 2. The van der Waals surface area contributed by atoms with E-state index in [4.69, 9.17) is 14.2 Å². The molecule has 2 aliphatic rings. The number of methoxy groups -OCH3 is 1. The van der Waals surface area contributed by atoms with Gasteiger partial charge in [-0.2, -0.15) is 5.10 Å². The van der Waals surface area contributed by atoms with Crippen LogP contribution >= 0.6 is 0 Å². The van der Waals surface area contributed by atoms with E-state index in [1.807, 2.05) is 24.6 Å². The molecule has 0 saturated carbocycles. The van der Waals surface area contributed by atoms with Gasteiger partial charge in [0.05, 0.1) is 24.7 Å². The largest absolute Gasteiger partial charge is 0.465 e. The molecular formula is C26H22N2O6. The van der Waals surface area contributed by atoms with Crippen molar-refractivity contribution in [1.82, 2.24) is 9.78 Å². The summed E-state index contributed by atoms with van der Waals surface area (Å²) >= 11 is 0. The molecule has 0 radical (unpaired) electrons. The molecular weight excluding hydrogens is 436 g/mol. The van der Waals surface area contributed by atoms with Crippen molar-refractivity contribution in [2.24, 2.45) is 0 Å². The van der Waals surface area contributed by atoms with E-state index in [-0.39, 0.29) is 35.9 Å². The zero-order valence-corrected chi connectivity index (χ0v) is 18.9. The molecule has 0 unspecified atom stereocenters. The van der Waals surface area contributed by atoms with Gasteiger partial charge in [-0.25, -0.2) is 4.79 Å². The van der Waals surface area contributed by atoms with Crippen LogP contribution in [0.25, 0.3) is 6.08 Å². The predicted octanol–water partition coefficient (Wildman–Crippen LogP) is 4.31. The highest BCUT2D eigenvalue weighted by molar-refractivity contribution is 6.15. The number of hydrogen-bond acceptors (Lipinski definition) is 7. The minimum atomic E-state index is -0.437. The molecule has 0 fully saturated rings. The van der Waals surface area contributed by atoms with Crippen LogP contribution in [0.5, 0.6) is 11.5 Å². The second-order valence-corrected chi connectivity index (χ2v) is 8.43. The molecule has 8 heteroatoms. The highest BCUT2D eigenvalue weighted by Gasteiger charge is 2.39. The highest BCUT2D eigenvalue weighted by Crippen LogP contribution is 2.49. The van der Waals surface area contributed by atoms with Gasteiger partial charge in [0.15, 0.2) is 5.76 Å². The topological polar surface area (TPSA) is 96.7 Å². The van der Waals surface area contributed by atoms with Crippen molar-refractivity contribution in [3.05, 3.63) is 82.4 Å². The number of rotatable bonds is 4. The van der Waals surface area contributed by atoms with Crippen LogP contribution in [0.4, 0.5) is 0 Å². The lowest BCUT2D eigenvalue weighted by Gasteiger charge is -2.27. The third-order valence-electron chi connectivity index (χ3n) is 5.96. The van der Waals surface area contributed by atoms with Crippen LogP contribution in [-0.2, 0) is 9.53 Å². The number of allylic oxidation sites excluding steroid dienone is 1. The minimum absolute atomic E-state index is 0.0918. The van der Waals surface area contributed by atoms with E-state index in [2.05, 4.69) is 5.10 Å². The zero-order valence-electron chi connectivity index (χ0n) is 18.9. The van der Waals surface area contributed by atoms with Gasteiger partial charge in [0.2, 0.25) is 5.78 Å². The van der Waals surface area contributed by atoms with Gasteiger partial charge in [0, 0.05) is 29.4 Å². The summed E-state index contributed by atoms with van der Waals surface area (Å²) in [6, 6.07) is 11.9. The Hall–Kier alpha value is -4.20. The van der Waals surface area contributed by atoms with Crippen molar-refractivity contribution in [3.8, 4) is 11.5 Å². The van der Waals surface area contributed by atoms with Gasteiger partial charge in [-0.05, 0) is 55.8 Å². The van der Waals surface area contributed by atoms with Crippen molar-refractivity contribution < 1.29 is 28.6 Å². The van der Waals surface area contributed by atoms with Crippen molar-refractivity contribution in [1.29, 1.82) is 0 Å². The number of benzene rings is 2. The summed E-state index contributed by atoms with van der Waals surface area (Å²) in [5.41, 5.74) is 3.03. The first-order valence-corrected chi connectivity index (χ1v) is 10.9. The number of ketones is 1. The maximum atomic E-state index is 13.1. The van der Waals surface area contributed by atoms with Crippen molar-refractivity contribution in [2.75, 3.05) is 7.11 Å². The molecule has 172 valence electrons. The number of nitrogens with zero attached hydrogens (tertiary/aromatic N) is 2. The Morgan fingerprint density at radius 2 is 1.88 bits per heavy atom. The van der Waals surface area contributed by atoms with Gasteiger partial charge >= 0.3 is 11.9 Å². The maximum absolute atomic E-state index is 13.1. The zero-order chi connectivity index (χ0) is 24.0. The van der Waals surface area contributed by atoms with Crippen molar-refractivity contribution >= 4 is 23.8 Å². The van der Waals surface area contributed by atoms with Crippen LogP contribution in [0.15, 0.2) is 54.4 Å². The molecule has 1 aromatic heterocycles. The molecule has 5 rings (SSSR count). The molecule has 0 spiro atoms. The lowest BCUT2D eigenvalue weighted by atomic mass is 9.87. The first-order chi connectivity index (χ1) is 16.4. The van der Waals surface area contributed by atoms with Gasteiger partial charge in [-0.15, -0.1) is 0 Å². The minimum Gasteiger partial charge on any atom is -0.465 e. The first kappa shape index (κ1) is 21.6. The van der Waals surface area contributed by atoms with Crippen molar-refractivity contribution in [2.45, 2.75) is 32.2 Å². The van der Waals surface area contributed by atoms with Gasteiger partial charge in [-0.1, -0.05) is 12.1 Å². The lowest BCUT2D eigenvalue weighted by molar-refractivity contribution is -0.135. The fourth-order valence-electron chi connectivity index (χ4n) is 4.38. The number of carbonyl (C=O) groups excluding carboxylic acids is 3. The van der Waals surface area contributed by atoms with Crippen LogP contribution in [0.1, 0.15) is 69.8 Å². The fourth-order valence-corrected chi connectivity index (χ4v) is 4.38. The summed E-state index contributed by atoms with van der Waals surface area (Å²) < 4.78 is 18.2. The Morgan fingerprint density at radius 3 is 2.59 bits per heavy atom. The molecule has 1 atom stereocenters.